The van der Waals surface area contributed by atoms with E-state index in [1.54, 1.807) is 4.90 Å². The summed E-state index contributed by atoms with van der Waals surface area (Å²) in [5, 5.41) is 0. The van der Waals surface area contributed by atoms with Crippen LogP contribution in [0.4, 0.5) is 4.79 Å². The summed E-state index contributed by atoms with van der Waals surface area (Å²) in [7, 11) is 1.41. The molecular weight excluding hydrogens is 214 g/mol. The molecule has 0 saturated carbocycles. The monoisotopic (exact) mass is 227 g/mol. The minimum Gasteiger partial charge on any atom is -0.452 e. The predicted molar refractivity (Wildman–Crippen MR) is 65.4 cm³/mol. The Balaban J connectivity index is 1.99. The number of amides is 1. The van der Waals surface area contributed by atoms with Crippen LogP contribution < -0.4 is 0 Å². The average Bonchev–Trinajstić information content (AvgIpc) is 2.82. The highest BCUT2D eigenvalue weighted by Gasteiger charge is 2.35. The van der Waals surface area contributed by atoms with E-state index in [2.05, 4.69) is 30.4 Å². The molecule has 0 fully saturated rings. The zero-order valence-corrected chi connectivity index (χ0v) is 9.54. The van der Waals surface area contributed by atoms with Gasteiger partial charge in [-0.1, -0.05) is 42.5 Å². The molecule has 2 aliphatic rings. The quantitative estimate of drug-likeness (QED) is 0.682. The Bertz CT molecular complexity index is 519. The summed E-state index contributed by atoms with van der Waals surface area (Å²) in [6, 6.07) is 8.32. The molecule has 86 valence electrons. The van der Waals surface area contributed by atoms with Crippen molar-refractivity contribution in [2.45, 2.75) is 12.0 Å². The van der Waals surface area contributed by atoms with Gasteiger partial charge in [0, 0.05) is 12.1 Å². The van der Waals surface area contributed by atoms with E-state index in [1.807, 2.05) is 18.3 Å². The van der Waals surface area contributed by atoms with E-state index in [0.29, 0.717) is 0 Å². The van der Waals surface area contributed by atoms with Crippen LogP contribution in [0.2, 0.25) is 0 Å². The summed E-state index contributed by atoms with van der Waals surface area (Å²) in [6.07, 6.45) is 7.69. The van der Waals surface area contributed by atoms with Crippen LogP contribution in [-0.4, -0.2) is 24.1 Å². The van der Waals surface area contributed by atoms with Crippen LogP contribution in [0.3, 0.4) is 0 Å². The lowest BCUT2D eigenvalue weighted by atomic mass is 9.85. The predicted octanol–water partition coefficient (Wildman–Crippen LogP) is 2.76. The van der Waals surface area contributed by atoms with Crippen molar-refractivity contribution >= 4 is 12.2 Å². The molecule has 1 aromatic carbocycles. The third-order valence-electron chi connectivity index (χ3n) is 3.36. The molecule has 17 heavy (non-hydrogen) atoms. The van der Waals surface area contributed by atoms with Crippen molar-refractivity contribution in [2.75, 3.05) is 7.11 Å². The van der Waals surface area contributed by atoms with Crippen molar-refractivity contribution < 1.29 is 9.53 Å². The number of ether oxygens (including phenoxy) is 1. The van der Waals surface area contributed by atoms with E-state index >= 15 is 0 Å². The maximum atomic E-state index is 11.6. The first-order valence-electron chi connectivity index (χ1n) is 5.63. The molecule has 0 bridgehead atoms. The molecule has 3 rings (SSSR count). The third-order valence-corrected chi connectivity index (χ3v) is 3.36. The van der Waals surface area contributed by atoms with Crippen LogP contribution in [0.15, 0.2) is 42.6 Å². The summed E-state index contributed by atoms with van der Waals surface area (Å²) >= 11 is 0. The second kappa shape index (κ2) is 3.77. The van der Waals surface area contributed by atoms with Crippen LogP contribution in [-0.2, 0) is 4.74 Å². The Morgan fingerprint density at radius 1 is 1.29 bits per heavy atom. The largest absolute Gasteiger partial charge is 0.452 e. The molecule has 3 nitrogen and oxygen atoms in total. The Morgan fingerprint density at radius 3 is 2.94 bits per heavy atom. The topological polar surface area (TPSA) is 29.5 Å². The first kappa shape index (κ1) is 10.1. The normalized spacial score (nSPS) is 24.4. The molecule has 3 heteroatoms. The molecular formula is C14H13NO2. The molecule has 0 aromatic heterocycles. The molecule has 0 spiro atoms. The van der Waals surface area contributed by atoms with Crippen molar-refractivity contribution in [1.82, 2.24) is 4.90 Å². The minimum atomic E-state index is -0.308. The van der Waals surface area contributed by atoms with E-state index in [9.17, 15) is 4.79 Å². The molecule has 0 unspecified atom stereocenters. The van der Waals surface area contributed by atoms with Crippen LogP contribution >= 0.6 is 0 Å². The van der Waals surface area contributed by atoms with E-state index in [0.717, 1.165) is 0 Å². The van der Waals surface area contributed by atoms with Gasteiger partial charge in [0.1, 0.15) is 0 Å². The van der Waals surface area contributed by atoms with Crippen molar-refractivity contribution in [1.29, 1.82) is 0 Å². The summed E-state index contributed by atoms with van der Waals surface area (Å²) < 4.78 is 4.77. The van der Waals surface area contributed by atoms with Gasteiger partial charge in [-0.2, -0.15) is 0 Å². The third kappa shape index (κ3) is 1.46. The highest BCUT2D eigenvalue weighted by atomic mass is 16.5. The first-order valence-corrected chi connectivity index (χ1v) is 5.63. The summed E-state index contributed by atoms with van der Waals surface area (Å²) in [5.74, 6) is 0.246. The van der Waals surface area contributed by atoms with Gasteiger partial charge in [0.05, 0.1) is 13.2 Å². The van der Waals surface area contributed by atoms with E-state index in [-0.39, 0.29) is 18.1 Å². The fourth-order valence-corrected chi connectivity index (χ4v) is 2.53. The van der Waals surface area contributed by atoms with Crippen LogP contribution in [0.5, 0.6) is 0 Å². The molecule has 1 aliphatic carbocycles. The molecule has 0 radical (unpaired) electrons. The fourth-order valence-electron chi connectivity index (χ4n) is 2.53. The van der Waals surface area contributed by atoms with Crippen molar-refractivity contribution in [3.05, 3.63) is 53.7 Å². The highest BCUT2D eigenvalue weighted by Crippen LogP contribution is 2.37. The van der Waals surface area contributed by atoms with Gasteiger partial charge in [0.15, 0.2) is 0 Å². The van der Waals surface area contributed by atoms with Crippen molar-refractivity contribution in [2.24, 2.45) is 0 Å². The van der Waals surface area contributed by atoms with Crippen molar-refractivity contribution in [3.63, 3.8) is 0 Å². The summed E-state index contributed by atoms with van der Waals surface area (Å²) in [6.45, 7) is 0. The lowest BCUT2D eigenvalue weighted by molar-refractivity contribution is 0.134. The molecule has 1 aliphatic heterocycles. The van der Waals surface area contributed by atoms with E-state index < -0.39 is 0 Å². The molecule has 2 atom stereocenters. The van der Waals surface area contributed by atoms with Gasteiger partial charge in [0.2, 0.25) is 0 Å². The second-order valence-electron chi connectivity index (χ2n) is 4.22. The first-order chi connectivity index (χ1) is 8.31. The molecule has 1 heterocycles. The Hall–Kier alpha value is -2.03. The number of carbonyl (C=O) groups is 1. The number of carbonyl (C=O) groups excluding carboxylic acids is 1. The zero-order chi connectivity index (χ0) is 11.8. The lowest BCUT2D eigenvalue weighted by Gasteiger charge is -2.28. The lowest BCUT2D eigenvalue weighted by Crippen LogP contribution is -2.35. The highest BCUT2D eigenvalue weighted by molar-refractivity contribution is 5.73. The second-order valence-corrected chi connectivity index (χ2v) is 4.22. The SMILES string of the molecule is COC(=O)N1C=C[C@@H]2c3ccccc3C=C[C@@H]21. The van der Waals surface area contributed by atoms with Gasteiger partial charge < -0.3 is 4.74 Å². The molecule has 1 aromatic rings. The number of nitrogens with zero attached hydrogens (tertiary/aromatic N) is 1. The van der Waals surface area contributed by atoms with Crippen LogP contribution in [0.25, 0.3) is 6.08 Å². The molecule has 0 saturated heterocycles. The van der Waals surface area contributed by atoms with E-state index in [1.165, 1.54) is 18.2 Å². The number of fused-ring (bicyclic) bond motifs is 3. The van der Waals surface area contributed by atoms with Crippen LogP contribution in [0, 0.1) is 0 Å². The molecule has 0 N–H and O–H groups in total. The van der Waals surface area contributed by atoms with Gasteiger partial charge in [-0.25, -0.2) is 4.79 Å². The van der Waals surface area contributed by atoms with Gasteiger partial charge in [-0.3, -0.25) is 4.90 Å². The van der Waals surface area contributed by atoms with E-state index in [4.69, 9.17) is 4.74 Å². The van der Waals surface area contributed by atoms with Gasteiger partial charge >= 0.3 is 6.09 Å². The smallest absolute Gasteiger partial charge is 0.414 e. The Morgan fingerprint density at radius 2 is 2.12 bits per heavy atom. The summed E-state index contributed by atoms with van der Waals surface area (Å²) in [4.78, 5) is 13.2. The number of hydrogen-bond donors (Lipinski definition) is 0. The minimum absolute atomic E-state index is 0.0531. The standard InChI is InChI=1S/C14H13NO2/c1-17-14(16)15-9-8-12-11-5-3-2-4-10(11)6-7-13(12)15/h2-9,12-13H,1H3/t12-,13+/m1/s1. The summed E-state index contributed by atoms with van der Waals surface area (Å²) in [5.41, 5.74) is 2.49. The maximum Gasteiger partial charge on any atom is 0.414 e. The van der Waals surface area contributed by atoms with Gasteiger partial charge in [-0.05, 0) is 11.1 Å². The van der Waals surface area contributed by atoms with Crippen LogP contribution in [0.1, 0.15) is 17.0 Å². The molecule has 1 amide bonds. The zero-order valence-electron chi connectivity index (χ0n) is 9.54. The number of methoxy groups -OCH3 is 1. The number of rotatable bonds is 0. The van der Waals surface area contributed by atoms with Gasteiger partial charge in [-0.15, -0.1) is 0 Å². The fraction of sp³-hybridized carbons (Fsp3) is 0.214. The maximum absolute atomic E-state index is 11.6. The van der Waals surface area contributed by atoms with Gasteiger partial charge in [0.25, 0.3) is 0 Å². The van der Waals surface area contributed by atoms with Crippen molar-refractivity contribution in [3.8, 4) is 0 Å². The Labute approximate surface area is 100.0 Å². The average molecular weight is 227 g/mol. The Kier molecular flexibility index (Phi) is 2.25. The number of hydrogen-bond acceptors (Lipinski definition) is 2. The number of benzene rings is 1.